The van der Waals surface area contributed by atoms with E-state index in [4.69, 9.17) is 4.74 Å². The van der Waals surface area contributed by atoms with Crippen molar-refractivity contribution >= 4 is 0 Å². The van der Waals surface area contributed by atoms with Gasteiger partial charge in [-0.2, -0.15) is 0 Å². The van der Waals surface area contributed by atoms with E-state index in [1.54, 1.807) is 0 Å². The summed E-state index contributed by atoms with van der Waals surface area (Å²) >= 11 is 0. The Kier molecular flexibility index (Phi) is 5.28. The molecule has 1 aromatic carbocycles. The van der Waals surface area contributed by atoms with Gasteiger partial charge < -0.3 is 10.1 Å². The fraction of sp³-hybridized carbons (Fsp3) is 0.600. The van der Waals surface area contributed by atoms with Crippen molar-refractivity contribution in [2.24, 2.45) is 0 Å². The lowest BCUT2D eigenvalue weighted by Crippen LogP contribution is -2.37. The van der Waals surface area contributed by atoms with Gasteiger partial charge in [-0.1, -0.05) is 13.0 Å². The molecule has 2 unspecified atom stereocenters. The number of benzene rings is 1. The number of rotatable bonds is 5. The molecule has 106 valence electrons. The van der Waals surface area contributed by atoms with Crippen molar-refractivity contribution in [1.29, 1.82) is 0 Å². The van der Waals surface area contributed by atoms with Crippen molar-refractivity contribution in [2.75, 3.05) is 13.2 Å². The molecule has 0 bridgehead atoms. The molecule has 0 saturated carbocycles. The molecule has 1 fully saturated rings. The van der Waals surface area contributed by atoms with Crippen LogP contribution in [0.1, 0.15) is 44.2 Å². The predicted molar refractivity (Wildman–Crippen MR) is 71.0 cm³/mol. The van der Waals surface area contributed by atoms with Gasteiger partial charge in [0.15, 0.2) is 0 Å². The van der Waals surface area contributed by atoms with Crippen LogP contribution in [0.3, 0.4) is 0 Å². The minimum atomic E-state index is -0.542. The average Bonchev–Trinajstić information content (AvgIpc) is 2.42. The number of ether oxygens (including phenoxy) is 1. The summed E-state index contributed by atoms with van der Waals surface area (Å²) in [6, 6.07) is 3.58. The molecule has 1 heterocycles. The van der Waals surface area contributed by atoms with Gasteiger partial charge in [0.25, 0.3) is 0 Å². The minimum Gasteiger partial charge on any atom is -0.376 e. The molecule has 4 heteroatoms. The van der Waals surface area contributed by atoms with Crippen molar-refractivity contribution in [2.45, 2.75) is 44.8 Å². The van der Waals surface area contributed by atoms with Crippen molar-refractivity contribution in [1.82, 2.24) is 5.32 Å². The summed E-state index contributed by atoms with van der Waals surface area (Å²) in [4.78, 5) is 0. The van der Waals surface area contributed by atoms with E-state index in [1.807, 2.05) is 0 Å². The van der Waals surface area contributed by atoms with E-state index in [0.29, 0.717) is 5.56 Å². The smallest absolute Gasteiger partial charge is 0.130 e. The SMILES string of the molecule is CCCNC(c1ccc(F)cc1F)C1CCCCO1. The second-order valence-electron chi connectivity index (χ2n) is 5.00. The maximum atomic E-state index is 13.9. The second-order valence-corrected chi connectivity index (χ2v) is 5.00. The zero-order valence-corrected chi connectivity index (χ0v) is 11.3. The van der Waals surface area contributed by atoms with Crippen LogP contribution in [0.5, 0.6) is 0 Å². The van der Waals surface area contributed by atoms with Gasteiger partial charge in [-0.05, 0) is 38.3 Å². The van der Waals surface area contributed by atoms with E-state index < -0.39 is 11.6 Å². The zero-order valence-electron chi connectivity index (χ0n) is 11.3. The molecule has 2 atom stereocenters. The van der Waals surface area contributed by atoms with Gasteiger partial charge in [-0.15, -0.1) is 0 Å². The predicted octanol–water partition coefficient (Wildman–Crippen LogP) is 3.57. The third-order valence-corrected chi connectivity index (χ3v) is 3.50. The Morgan fingerprint density at radius 2 is 2.21 bits per heavy atom. The van der Waals surface area contributed by atoms with Crippen molar-refractivity contribution in [3.05, 3.63) is 35.4 Å². The Labute approximate surface area is 113 Å². The molecule has 2 nitrogen and oxygen atoms in total. The van der Waals surface area contributed by atoms with Crippen LogP contribution in [-0.2, 0) is 4.74 Å². The molecule has 0 spiro atoms. The molecule has 1 saturated heterocycles. The fourth-order valence-corrected chi connectivity index (χ4v) is 2.52. The van der Waals surface area contributed by atoms with Crippen molar-refractivity contribution < 1.29 is 13.5 Å². The van der Waals surface area contributed by atoms with E-state index in [2.05, 4.69) is 12.2 Å². The summed E-state index contributed by atoms with van der Waals surface area (Å²) in [6.45, 7) is 3.58. The number of hydrogen-bond acceptors (Lipinski definition) is 2. The largest absolute Gasteiger partial charge is 0.376 e. The molecule has 1 aliphatic rings. The second kappa shape index (κ2) is 6.96. The quantitative estimate of drug-likeness (QED) is 0.882. The first-order valence-electron chi connectivity index (χ1n) is 7.02. The highest BCUT2D eigenvalue weighted by molar-refractivity contribution is 5.23. The van der Waals surface area contributed by atoms with Crippen LogP contribution in [-0.4, -0.2) is 19.3 Å². The Hall–Kier alpha value is -1.00. The van der Waals surface area contributed by atoms with E-state index in [9.17, 15) is 8.78 Å². The van der Waals surface area contributed by atoms with Gasteiger partial charge in [0.2, 0.25) is 0 Å². The topological polar surface area (TPSA) is 21.3 Å². The van der Waals surface area contributed by atoms with Gasteiger partial charge in [-0.25, -0.2) is 8.78 Å². The summed E-state index contributed by atoms with van der Waals surface area (Å²) < 4.78 is 32.7. The van der Waals surface area contributed by atoms with Crippen molar-refractivity contribution in [3.8, 4) is 0 Å². The van der Waals surface area contributed by atoms with Gasteiger partial charge in [0.1, 0.15) is 11.6 Å². The normalized spacial score (nSPS) is 21.3. The Bertz CT molecular complexity index is 405. The highest BCUT2D eigenvalue weighted by Gasteiger charge is 2.27. The first kappa shape index (κ1) is 14.4. The van der Waals surface area contributed by atoms with Gasteiger partial charge >= 0.3 is 0 Å². The molecule has 1 N–H and O–H groups in total. The summed E-state index contributed by atoms with van der Waals surface area (Å²) in [5.74, 6) is -1.04. The lowest BCUT2D eigenvalue weighted by atomic mass is 9.95. The van der Waals surface area contributed by atoms with Crippen LogP contribution in [0.4, 0.5) is 8.78 Å². The third-order valence-electron chi connectivity index (χ3n) is 3.50. The Morgan fingerprint density at radius 1 is 1.37 bits per heavy atom. The highest BCUT2D eigenvalue weighted by atomic mass is 19.1. The molecule has 19 heavy (non-hydrogen) atoms. The van der Waals surface area contributed by atoms with Crippen LogP contribution < -0.4 is 5.32 Å². The number of nitrogens with one attached hydrogen (secondary N) is 1. The maximum Gasteiger partial charge on any atom is 0.130 e. The van der Waals surface area contributed by atoms with Crippen LogP contribution in [0, 0.1) is 11.6 Å². The van der Waals surface area contributed by atoms with E-state index in [1.165, 1.54) is 12.1 Å². The molecule has 0 radical (unpaired) electrons. The first-order valence-corrected chi connectivity index (χ1v) is 7.02. The van der Waals surface area contributed by atoms with Crippen LogP contribution in [0.25, 0.3) is 0 Å². The lowest BCUT2D eigenvalue weighted by molar-refractivity contribution is -0.00888. The van der Waals surface area contributed by atoms with Crippen LogP contribution in [0.2, 0.25) is 0 Å². The Balaban J connectivity index is 2.19. The Morgan fingerprint density at radius 3 is 2.84 bits per heavy atom. The fourth-order valence-electron chi connectivity index (χ4n) is 2.52. The van der Waals surface area contributed by atoms with Crippen molar-refractivity contribution in [3.63, 3.8) is 0 Å². The zero-order chi connectivity index (χ0) is 13.7. The standard InChI is InChI=1S/C15H21F2NO/c1-2-8-18-15(14-5-3-4-9-19-14)12-7-6-11(16)10-13(12)17/h6-7,10,14-15,18H,2-5,8-9H2,1H3. The number of halogens is 2. The molecular formula is C15H21F2NO. The number of hydrogen-bond donors (Lipinski definition) is 1. The highest BCUT2D eigenvalue weighted by Crippen LogP contribution is 2.28. The monoisotopic (exact) mass is 269 g/mol. The van der Waals surface area contributed by atoms with E-state index >= 15 is 0 Å². The maximum absolute atomic E-state index is 13.9. The van der Waals surface area contributed by atoms with E-state index in [0.717, 1.165) is 44.9 Å². The average molecular weight is 269 g/mol. The van der Waals surface area contributed by atoms with E-state index in [-0.39, 0.29) is 12.1 Å². The lowest BCUT2D eigenvalue weighted by Gasteiger charge is -2.31. The minimum absolute atomic E-state index is 0.0275. The molecule has 1 aromatic rings. The molecule has 0 aromatic heterocycles. The summed E-state index contributed by atoms with van der Waals surface area (Å²) in [7, 11) is 0. The molecule has 0 amide bonds. The first-order chi connectivity index (χ1) is 9.22. The third kappa shape index (κ3) is 3.74. The van der Waals surface area contributed by atoms with Crippen LogP contribution in [0.15, 0.2) is 18.2 Å². The molecule has 1 aliphatic heterocycles. The van der Waals surface area contributed by atoms with Gasteiger partial charge in [0, 0.05) is 18.2 Å². The van der Waals surface area contributed by atoms with Gasteiger partial charge in [-0.3, -0.25) is 0 Å². The molecular weight excluding hydrogens is 248 g/mol. The summed E-state index contributed by atoms with van der Waals surface area (Å²) in [5.41, 5.74) is 0.502. The van der Waals surface area contributed by atoms with Crippen LogP contribution >= 0.6 is 0 Å². The van der Waals surface area contributed by atoms with Gasteiger partial charge in [0.05, 0.1) is 12.1 Å². The molecule has 0 aliphatic carbocycles. The summed E-state index contributed by atoms with van der Waals surface area (Å²) in [6.07, 6.45) is 4.01. The molecule has 2 rings (SSSR count). The summed E-state index contributed by atoms with van der Waals surface area (Å²) in [5, 5.41) is 3.33.